The summed E-state index contributed by atoms with van der Waals surface area (Å²) in [6.07, 6.45) is -4.39. The van der Waals surface area contributed by atoms with Gasteiger partial charge in [-0.1, -0.05) is 0 Å². The number of urea groups is 1. The van der Waals surface area contributed by atoms with Gasteiger partial charge >= 0.3 is 12.2 Å². The molecule has 1 unspecified atom stereocenters. The number of carbonyl (C=O) groups is 2. The van der Waals surface area contributed by atoms with Crippen molar-refractivity contribution >= 4 is 11.9 Å². The van der Waals surface area contributed by atoms with Gasteiger partial charge in [0.2, 0.25) is 5.91 Å². The van der Waals surface area contributed by atoms with Gasteiger partial charge in [-0.05, 0) is 6.92 Å². The monoisotopic (exact) mass is 227 g/mol. The first kappa shape index (κ1) is 13.7. The lowest BCUT2D eigenvalue weighted by atomic mass is 10.3. The van der Waals surface area contributed by atoms with Crippen LogP contribution in [0.2, 0.25) is 0 Å². The molecule has 0 bridgehead atoms. The highest BCUT2D eigenvalue weighted by molar-refractivity contribution is 5.96. The second-order valence-corrected chi connectivity index (χ2v) is 2.79. The Bertz CT molecular complexity index is 242. The summed E-state index contributed by atoms with van der Waals surface area (Å²) < 4.78 is 35.2. The Labute approximate surface area is 84.4 Å². The van der Waals surface area contributed by atoms with Crippen LogP contribution in [0.1, 0.15) is 6.92 Å². The molecular weight excluding hydrogens is 215 g/mol. The number of alkyl halides is 3. The number of amides is 3. The van der Waals surface area contributed by atoms with E-state index in [9.17, 15) is 22.8 Å². The maximum Gasteiger partial charge on any atom is 0.401 e. The van der Waals surface area contributed by atoms with Crippen molar-refractivity contribution < 1.29 is 22.8 Å². The van der Waals surface area contributed by atoms with Gasteiger partial charge in [0, 0.05) is 7.05 Å². The van der Waals surface area contributed by atoms with Crippen LogP contribution >= 0.6 is 0 Å². The highest BCUT2D eigenvalue weighted by Crippen LogP contribution is 2.12. The minimum Gasteiger partial charge on any atom is -0.341 e. The van der Waals surface area contributed by atoms with Gasteiger partial charge in [-0.3, -0.25) is 15.4 Å². The molecule has 0 aliphatic heterocycles. The van der Waals surface area contributed by atoms with Crippen molar-refractivity contribution in [3.63, 3.8) is 0 Å². The van der Waals surface area contributed by atoms with E-state index in [1.807, 2.05) is 10.6 Å². The lowest BCUT2D eigenvalue weighted by molar-refractivity contribution is -0.131. The summed E-state index contributed by atoms with van der Waals surface area (Å²) in [5, 5.41) is 5.88. The molecule has 0 aliphatic carbocycles. The molecule has 0 aromatic carbocycles. The molecule has 0 aliphatic rings. The number of hydrogen-bond donors (Lipinski definition) is 3. The van der Waals surface area contributed by atoms with E-state index in [1.54, 1.807) is 0 Å². The van der Waals surface area contributed by atoms with E-state index in [-0.39, 0.29) is 0 Å². The van der Waals surface area contributed by atoms with Gasteiger partial charge in [0.25, 0.3) is 0 Å². The fraction of sp³-hybridized carbons (Fsp3) is 0.714. The van der Waals surface area contributed by atoms with E-state index in [0.717, 1.165) is 0 Å². The van der Waals surface area contributed by atoms with Crippen LogP contribution in [0.5, 0.6) is 0 Å². The molecule has 3 amide bonds. The molecule has 0 aromatic rings. The fourth-order valence-corrected chi connectivity index (χ4v) is 0.644. The van der Waals surface area contributed by atoms with Gasteiger partial charge < -0.3 is 5.32 Å². The number of imide groups is 1. The van der Waals surface area contributed by atoms with E-state index in [1.165, 1.54) is 14.0 Å². The molecule has 88 valence electrons. The first-order chi connectivity index (χ1) is 6.76. The van der Waals surface area contributed by atoms with Crippen LogP contribution < -0.4 is 16.0 Å². The summed E-state index contributed by atoms with van der Waals surface area (Å²) in [6, 6.07) is -1.86. The zero-order chi connectivity index (χ0) is 12.1. The molecule has 0 heterocycles. The summed E-state index contributed by atoms with van der Waals surface area (Å²) in [7, 11) is 1.29. The average Bonchev–Trinajstić information content (AvgIpc) is 2.12. The fourth-order valence-electron chi connectivity index (χ4n) is 0.644. The predicted molar refractivity (Wildman–Crippen MR) is 46.1 cm³/mol. The first-order valence-electron chi connectivity index (χ1n) is 4.09. The van der Waals surface area contributed by atoms with E-state index >= 15 is 0 Å². The minimum atomic E-state index is -4.39. The van der Waals surface area contributed by atoms with Gasteiger partial charge in [0.05, 0.1) is 12.6 Å². The third kappa shape index (κ3) is 6.72. The van der Waals surface area contributed by atoms with Crippen LogP contribution in [0.15, 0.2) is 0 Å². The van der Waals surface area contributed by atoms with Crippen molar-refractivity contribution in [3.8, 4) is 0 Å². The maximum absolute atomic E-state index is 11.7. The normalized spacial score (nSPS) is 13.1. The van der Waals surface area contributed by atoms with Crippen LogP contribution in [0.4, 0.5) is 18.0 Å². The molecule has 0 radical (unpaired) electrons. The number of nitrogens with one attached hydrogen (secondary N) is 3. The standard InChI is InChI=1S/C7H12F3N3O2/c1-4(12-3-7(8,9)10)5(14)13-6(15)11-2/h4,12H,3H2,1-2H3,(H2,11,13,14,15). The Morgan fingerprint density at radius 1 is 1.33 bits per heavy atom. The van der Waals surface area contributed by atoms with Gasteiger partial charge in [0.1, 0.15) is 0 Å². The second kappa shape index (κ2) is 5.54. The van der Waals surface area contributed by atoms with E-state index < -0.39 is 30.7 Å². The van der Waals surface area contributed by atoms with Crippen LogP contribution in [0.3, 0.4) is 0 Å². The third-order valence-electron chi connectivity index (χ3n) is 1.47. The van der Waals surface area contributed by atoms with Crippen molar-refractivity contribution in [3.05, 3.63) is 0 Å². The Kier molecular flexibility index (Phi) is 5.06. The Hall–Kier alpha value is -1.31. The first-order valence-corrected chi connectivity index (χ1v) is 4.09. The van der Waals surface area contributed by atoms with Crippen LogP contribution in [0, 0.1) is 0 Å². The van der Waals surface area contributed by atoms with Gasteiger partial charge in [0.15, 0.2) is 0 Å². The molecule has 0 saturated heterocycles. The van der Waals surface area contributed by atoms with Crippen molar-refractivity contribution in [1.29, 1.82) is 0 Å². The number of rotatable bonds is 3. The summed E-state index contributed by atoms with van der Waals surface area (Å²) in [5.74, 6) is -0.821. The largest absolute Gasteiger partial charge is 0.401 e. The van der Waals surface area contributed by atoms with Crippen LogP contribution in [0.25, 0.3) is 0 Å². The van der Waals surface area contributed by atoms with E-state index in [2.05, 4.69) is 5.32 Å². The third-order valence-corrected chi connectivity index (χ3v) is 1.47. The van der Waals surface area contributed by atoms with Crippen LogP contribution in [-0.4, -0.2) is 37.7 Å². The molecule has 5 nitrogen and oxygen atoms in total. The molecule has 1 atom stereocenters. The number of hydrogen-bond acceptors (Lipinski definition) is 3. The smallest absolute Gasteiger partial charge is 0.341 e. The topological polar surface area (TPSA) is 70.2 Å². The zero-order valence-electron chi connectivity index (χ0n) is 8.23. The van der Waals surface area contributed by atoms with Crippen molar-refractivity contribution in [2.45, 2.75) is 19.1 Å². The molecule has 3 N–H and O–H groups in total. The summed E-state index contributed by atoms with van der Waals surface area (Å²) >= 11 is 0. The molecule has 8 heteroatoms. The number of carbonyl (C=O) groups excluding carboxylic acids is 2. The second-order valence-electron chi connectivity index (χ2n) is 2.79. The quantitative estimate of drug-likeness (QED) is 0.634. The molecule has 0 fully saturated rings. The maximum atomic E-state index is 11.7. The van der Waals surface area contributed by atoms with Crippen molar-refractivity contribution in [1.82, 2.24) is 16.0 Å². The molecule has 0 spiro atoms. The van der Waals surface area contributed by atoms with E-state index in [0.29, 0.717) is 0 Å². The van der Waals surface area contributed by atoms with Gasteiger partial charge in [-0.2, -0.15) is 13.2 Å². The molecular formula is C7H12F3N3O2. The van der Waals surface area contributed by atoms with Gasteiger partial charge in [-0.25, -0.2) is 4.79 Å². The average molecular weight is 227 g/mol. The van der Waals surface area contributed by atoms with E-state index in [4.69, 9.17) is 0 Å². The summed E-state index contributed by atoms with van der Waals surface area (Å²) in [6.45, 7) is -0.0562. The minimum absolute atomic E-state index is 0.763. The van der Waals surface area contributed by atoms with Gasteiger partial charge in [-0.15, -0.1) is 0 Å². The highest BCUT2D eigenvalue weighted by atomic mass is 19.4. The summed E-state index contributed by atoms with van der Waals surface area (Å²) in [4.78, 5) is 21.7. The highest BCUT2D eigenvalue weighted by Gasteiger charge is 2.28. The molecule has 0 aromatic heterocycles. The SMILES string of the molecule is CNC(=O)NC(=O)C(C)NCC(F)(F)F. The molecule has 0 rings (SSSR count). The Morgan fingerprint density at radius 3 is 2.27 bits per heavy atom. The lowest BCUT2D eigenvalue weighted by Crippen LogP contribution is -2.49. The zero-order valence-corrected chi connectivity index (χ0v) is 8.23. The lowest BCUT2D eigenvalue weighted by Gasteiger charge is -2.14. The van der Waals surface area contributed by atoms with Crippen molar-refractivity contribution in [2.24, 2.45) is 0 Å². The Balaban J connectivity index is 3.95. The number of halogens is 3. The predicted octanol–water partition coefficient (Wildman–Crippen LogP) is -0.0176. The van der Waals surface area contributed by atoms with Crippen molar-refractivity contribution in [2.75, 3.05) is 13.6 Å². The molecule has 0 saturated carbocycles. The molecule has 15 heavy (non-hydrogen) atoms. The van der Waals surface area contributed by atoms with Crippen LogP contribution in [-0.2, 0) is 4.79 Å². The Morgan fingerprint density at radius 2 is 1.87 bits per heavy atom. The summed E-state index contributed by atoms with van der Waals surface area (Å²) in [5.41, 5.74) is 0.